The molecule has 0 spiro atoms. The summed E-state index contributed by atoms with van der Waals surface area (Å²) in [5.74, 6) is 0. The molecule has 0 heterocycles. The first-order valence-corrected chi connectivity index (χ1v) is 4.46. The zero-order valence-electron chi connectivity index (χ0n) is 5.70. The zero-order chi connectivity index (χ0) is 5.70. The van der Waals surface area contributed by atoms with Gasteiger partial charge in [-0.1, -0.05) is 0 Å². The summed E-state index contributed by atoms with van der Waals surface area (Å²) in [6, 6.07) is 0. The normalized spacial score (nSPS) is 14.3. The summed E-state index contributed by atoms with van der Waals surface area (Å²) in [7, 11) is 0. The van der Waals surface area contributed by atoms with E-state index >= 15 is 0 Å². The summed E-state index contributed by atoms with van der Waals surface area (Å²) in [5, 5.41) is 0. The first kappa shape index (κ1) is 8.00. The molecule has 0 saturated heterocycles. The van der Waals surface area contributed by atoms with Crippen LogP contribution in [-0.2, 0) is 0 Å². The van der Waals surface area contributed by atoms with E-state index in [9.17, 15) is 0 Å². The molecule has 0 amide bonds. The van der Waals surface area contributed by atoms with Crippen molar-refractivity contribution in [3.63, 3.8) is 0 Å². The van der Waals surface area contributed by atoms with Gasteiger partial charge in [0.15, 0.2) is 0 Å². The van der Waals surface area contributed by atoms with Crippen LogP contribution in [0.5, 0.6) is 0 Å². The second-order valence-electron chi connectivity index (χ2n) is 2.30. The van der Waals surface area contributed by atoms with Gasteiger partial charge in [-0.15, -0.1) is 0 Å². The van der Waals surface area contributed by atoms with Crippen LogP contribution < -0.4 is 0 Å². The second-order valence-corrected chi connectivity index (χ2v) is 3.94. The summed E-state index contributed by atoms with van der Waals surface area (Å²) in [6.07, 6.45) is 4.24. The fraction of sp³-hybridized carbons (Fsp3) is 1.00. The van der Waals surface area contributed by atoms with Gasteiger partial charge in [0.1, 0.15) is 0 Å². The van der Waals surface area contributed by atoms with E-state index in [1.807, 2.05) is 0 Å². The second kappa shape index (κ2) is 5.14. The molecule has 0 aliphatic heterocycles. The molecule has 0 nitrogen and oxygen atoms in total. The molecule has 0 saturated carbocycles. The Morgan fingerprint density at radius 1 is 1.43 bits per heavy atom. The van der Waals surface area contributed by atoms with E-state index in [1.54, 1.807) is 0 Å². The Labute approximate surface area is 64.1 Å². The quantitative estimate of drug-likeness (QED) is 0.486. The topological polar surface area (TPSA) is 0 Å². The van der Waals surface area contributed by atoms with E-state index in [4.69, 9.17) is 0 Å². The van der Waals surface area contributed by atoms with E-state index in [-0.39, 0.29) is 0 Å². The van der Waals surface area contributed by atoms with E-state index in [2.05, 4.69) is 13.8 Å². The maximum atomic E-state index is 2.29. The summed E-state index contributed by atoms with van der Waals surface area (Å²) in [6.45, 7) is 4.55. The van der Waals surface area contributed by atoms with Gasteiger partial charge in [-0.25, -0.2) is 0 Å². The molecule has 0 N–H and O–H groups in total. The van der Waals surface area contributed by atoms with Crippen molar-refractivity contribution in [1.29, 1.82) is 0 Å². The molecule has 0 rings (SSSR count). The van der Waals surface area contributed by atoms with Crippen molar-refractivity contribution in [3.8, 4) is 0 Å². The van der Waals surface area contributed by atoms with E-state index in [0.29, 0.717) is 0 Å². The Morgan fingerprint density at radius 2 is 2.00 bits per heavy atom. The van der Waals surface area contributed by atoms with Crippen LogP contribution in [0.4, 0.5) is 0 Å². The molecule has 1 heteroatoms. The molecular formula is C6H13Na. The van der Waals surface area contributed by atoms with Gasteiger partial charge in [-0.3, -0.25) is 0 Å². The summed E-state index contributed by atoms with van der Waals surface area (Å²) in [4.78, 5) is 0. The molecule has 1 unspecified atom stereocenters. The van der Waals surface area contributed by atoms with E-state index in [0.717, 1.165) is 3.17 Å². The fourth-order valence-corrected chi connectivity index (χ4v) is 1.27. The monoisotopic (exact) mass is 108 g/mol. The van der Waals surface area contributed by atoms with Crippen molar-refractivity contribution in [2.75, 3.05) is 0 Å². The first-order chi connectivity index (χ1) is 3.31. The van der Waals surface area contributed by atoms with Crippen molar-refractivity contribution in [3.05, 3.63) is 0 Å². The predicted octanol–water partition coefficient (Wildman–Crippen LogP) is 2.15. The number of hydrogen-bond acceptors (Lipinski definition) is 0. The molecule has 0 radical (unpaired) electrons. The summed E-state index contributed by atoms with van der Waals surface area (Å²) >= 11 is 1.40. The Bertz CT molecular complexity index is 35.2. The van der Waals surface area contributed by atoms with E-state index < -0.39 is 0 Å². The molecule has 0 aromatic heterocycles. The van der Waals surface area contributed by atoms with Crippen LogP contribution in [-0.4, -0.2) is 27.9 Å². The SMILES string of the molecule is CCC[CH]([Na])CC. The molecule has 0 fully saturated rings. The zero-order valence-corrected chi connectivity index (χ0v) is 7.70. The van der Waals surface area contributed by atoms with Crippen LogP contribution in [0.3, 0.4) is 0 Å². The van der Waals surface area contributed by atoms with Crippen molar-refractivity contribution in [2.24, 2.45) is 0 Å². The van der Waals surface area contributed by atoms with Crippen LogP contribution >= 0.6 is 0 Å². The van der Waals surface area contributed by atoms with Gasteiger partial charge in [0, 0.05) is 0 Å². The maximum absolute atomic E-state index is 2.29. The van der Waals surface area contributed by atoms with Crippen molar-refractivity contribution < 1.29 is 0 Å². The number of rotatable bonds is 3. The van der Waals surface area contributed by atoms with Gasteiger partial charge >= 0.3 is 64.2 Å². The standard InChI is InChI=1S/C6H13.Na/c1-3-5-6-4-2;/h5H,3-4,6H2,1-2H3;. The molecule has 7 heavy (non-hydrogen) atoms. The first-order valence-electron chi connectivity index (χ1n) is 3.31. The van der Waals surface area contributed by atoms with Gasteiger partial charge < -0.3 is 0 Å². The van der Waals surface area contributed by atoms with Gasteiger partial charge in [-0.05, 0) is 0 Å². The third kappa shape index (κ3) is 4.86. The van der Waals surface area contributed by atoms with E-state index in [1.165, 1.54) is 47.2 Å². The van der Waals surface area contributed by atoms with Gasteiger partial charge in [0.25, 0.3) is 0 Å². The fourth-order valence-electron chi connectivity index (χ4n) is 0.697. The molecule has 0 aliphatic carbocycles. The minimum absolute atomic E-state index is 1.09. The van der Waals surface area contributed by atoms with Crippen LogP contribution in [0.2, 0.25) is 3.17 Å². The van der Waals surface area contributed by atoms with Crippen molar-refractivity contribution in [1.82, 2.24) is 0 Å². The molecule has 0 aromatic carbocycles. The Balaban J connectivity index is 2.83. The Morgan fingerprint density at radius 3 is 2.14 bits per heavy atom. The van der Waals surface area contributed by atoms with Gasteiger partial charge in [-0.2, -0.15) is 0 Å². The molecular weight excluding hydrogens is 95.1 g/mol. The summed E-state index contributed by atoms with van der Waals surface area (Å²) < 4.78 is 1.09. The molecule has 0 bridgehead atoms. The predicted molar refractivity (Wildman–Crippen MR) is 34.7 cm³/mol. The molecule has 0 aliphatic rings. The van der Waals surface area contributed by atoms with Crippen molar-refractivity contribution >= 4 is 27.9 Å². The third-order valence-corrected chi connectivity index (χ3v) is 2.87. The summed E-state index contributed by atoms with van der Waals surface area (Å²) in [5.41, 5.74) is 0. The molecule has 1 atom stereocenters. The van der Waals surface area contributed by atoms with Crippen LogP contribution in [0.25, 0.3) is 0 Å². The van der Waals surface area contributed by atoms with Gasteiger partial charge in [0.2, 0.25) is 0 Å². The average Bonchev–Trinajstić information content (AvgIpc) is 1.68. The van der Waals surface area contributed by atoms with Crippen molar-refractivity contribution in [2.45, 2.75) is 36.3 Å². The Hall–Kier alpha value is 1.00. The van der Waals surface area contributed by atoms with Crippen LogP contribution in [0.15, 0.2) is 0 Å². The van der Waals surface area contributed by atoms with Crippen LogP contribution in [0.1, 0.15) is 33.1 Å². The average molecular weight is 108 g/mol. The molecule has 38 valence electrons. The van der Waals surface area contributed by atoms with Crippen LogP contribution in [0, 0.1) is 0 Å². The minimum atomic E-state index is 1.09. The molecule has 0 aromatic rings. The van der Waals surface area contributed by atoms with Gasteiger partial charge in [0.05, 0.1) is 0 Å². The Kier molecular flexibility index (Phi) is 5.88. The number of hydrogen-bond donors (Lipinski definition) is 0. The third-order valence-electron chi connectivity index (χ3n) is 1.48.